The van der Waals surface area contributed by atoms with Crippen molar-refractivity contribution in [1.29, 1.82) is 0 Å². The van der Waals surface area contributed by atoms with Gasteiger partial charge >= 0.3 is 11.8 Å². The fourth-order valence-corrected chi connectivity index (χ4v) is 2.02. The van der Waals surface area contributed by atoms with Gasteiger partial charge in [-0.15, -0.1) is 0 Å². The lowest BCUT2D eigenvalue weighted by Crippen LogP contribution is -2.27. The maximum absolute atomic E-state index is 12.4. The van der Waals surface area contributed by atoms with Crippen LogP contribution in [-0.2, 0) is 4.79 Å². The zero-order chi connectivity index (χ0) is 7.94. The summed E-state index contributed by atoms with van der Waals surface area (Å²) >= 11 is 3.42. The molecule has 0 spiro atoms. The molecule has 0 saturated carbocycles. The van der Waals surface area contributed by atoms with E-state index in [0.29, 0.717) is 0 Å². The van der Waals surface area contributed by atoms with E-state index in [1.165, 1.54) is 0 Å². The molecule has 10 heavy (non-hydrogen) atoms. The molecule has 1 unspecified atom stereocenters. The number of rotatable bonds is 0. The number of hydrogen-bond donors (Lipinski definition) is 0. The Morgan fingerprint density at radius 3 is 2.30 bits per heavy atom. The van der Waals surface area contributed by atoms with Crippen LogP contribution < -0.4 is 0 Å². The van der Waals surface area contributed by atoms with Crippen molar-refractivity contribution in [3.63, 3.8) is 0 Å². The van der Waals surface area contributed by atoms with E-state index in [2.05, 4.69) is 0 Å². The molecule has 0 bridgehead atoms. The van der Waals surface area contributed by atoms with Gasteiger partial charge in [0.2, 0.25) is 0 Å². The summed E-state index contributed by atoms with van der Waals surface area (Å²) in [6, 6.07) is 0. The molecular weight excluding hydrogens is 370 g/mol. The predicted molar refractivity (Wildman–Crippen MR) is 48.2 cm³/mol. The zero-order valence-electron chi connectivity index (χ0n) is 4.65. The molecule has 2 nitrogen and oxygen atoms in total. The molecule has 1 amide bonds. The van der Waals surface area contributed by atoms with Gasteiger partial charge in [-0.2, -0.15) is 8.78 Å². The van der Waals surface area contributed by atoms with E-state index in [4.69, 9.17) is 0 Å². The molecule has 1 atom stereocenters. The van der Waals surface area contributed by atoms with Crippen molar-refractivity contribution in [2.45, 2.75) is 16.4 Å². The molecular formula is C4H3F2I2NO. The Bertz CT molecular complexity index is 175. The van der Waals surface area contributed by atoms with E-state index < -0.39 is 11.8 Å². The number of halogens is 4. The summed E-state index contributed by atoms with van der Waals surface area (Å²) in [5, 5.41) is 0. The number of carbonyl (C=O) groups is 1. The molecule has 6 heteroatoms. The first-order valence-corrected chi connectivity index (χ1v) is 4.67. The third-order valence-electron chi connectivity index (χ3n) is 1.18. The van der Waals surface area contributed by atoms with Crippen molar-refractivity contribution in [1.82, 2.24) is 3.11 Å². The summed E-state index contributed by atoms with van der Waals surface area (Å²) in [4.78, 5) is 10.6. The third-order valence-corrected chi connectivity index (χ3v) is 4.35. The number of hydrogen-bond acceptors (Lipinski definition) is 1. The molecule has 0 N–H and O–H groups in total. The smallest absolute Gasteiger partial charge is 0.267 e. The molecule has 1 aliphatic rings. The normalized spacial score (nSPS) is 31.4. The first kappa shape index (κ1) is 8.88. The lowest BCUT2D eigenvalue weighted by atomic mass is 10.3. The van der Waals surface area contributed by atoms with E-state index in [9.17, 15) is 13.6 Å². The van der Waals surface area contributed by atoms with Crippen LogP contribution in [0.2, 0.25) is 0 Å². The molecule has 0 aromatic heterocycles. The number of carbonyl (C=O) groups excluding carboxylic acids is 1. The first-order valence-electron chi connectivity index (χ1n) is 2.46. The highest BCUT2D eigenvalue weighted by Gasteiger charge is 2.52. The van der Waals surface area contributed by atoms with Gasteiger partial charge in [0.1, 0.15) is 0 Å². The standard InChI is InChI=1S/C4H3F2I2NO/c5-4(6)1-2(7)9(8)3(4)10/h2H,1H2. The highest BCUT2D eigenvalue weighted by molar-refractivity contribution is 14.1. The molecule has 0 aromatic rings. The highest BCUT2D eigenvalue weighted by Crippen LogP contribution is 2.38. The summed E-state index contributed by atoms with van der Waals surface area (Å²) in [7, 11) is 0. The topological polar surface area (TPSA) is 20.3 Å². The lowest BCUT2D eigenvalue weighted by molar-refractivity contribution is -0.143. The third kappa shape index (κ3) is 1.36. The molecule has 0 aromatic carbocycles. The molecule has 0 aliphatic carbocycles. The molecule has 1 fully saturated rings. The average molecular weight is 373 g/mol. The van der Waals surface area contributed by atoms with Crippen molar-refractivity contribution >= 4 is 51.4 Å². The van der Waals surface area contributed by atoms with Gasteiger partial charge in [-0.1, -0.05) is 22.6 Å². The van der Waals surface area contributed by atoms with Crippen LogP contribution in [0.25, 0.3) is 0 Å². The summed E-state index contributed by atoms with van der Waals surface area (Å²) in [5.74, 6) is -4.21. The van der Waals surface area contributed by atoms with Crippen molar-refractivity contribution < 1.29 is 13.6 Å². The average Bonchev–Trinajstić information content (AvgIpc) is 1.95. The Hall–Kier alpha value is 0.790. The number of nitrogens with zero attached hydrogens (tertiary/aromatic N) is 1. The molecule has 1 aliphatic heterocycles. The van der Waals surface area contributed by atoms with Crippen LogP contribution in [0.3, 0.4) is 0 Å². The monoisotopic (exact) mass is 373 g/mol. The van der Waals surface area contributed by atoms with Crippen LogP contribution in [0.1, 0.15) is 6.42 Å². The van der Waals surface area contributed by atoms with Gasteiger partial charge in [-0.25, -0.2) is 0 Å². The van der Waals surface area contributed by atoms with Crippen LogP contribution in [0.5, 0.6) is 0 Å². The zero-order valence-corrected chi connectivity index (χ0v) is 8.97. The van der Waals surface area contributed by atoms with Gasteiger partial charge in [-0.05, 0) is 0 Å². The van der Waals surface area contributed by atoms with Crippen molar-refractivity contribution in [3.8, 4) is 0 Å². The van der Waals surface area contributed by atoms with E-state index in [-0.39, 0.29) is 10.5 Å². The number of amides is 1. The van der Waals surface area contributed by atoms with Crippen LogP contribution >= 0.6 is 45.5 Å². The summed E-state index contributed by atoms with van der Waals surface area (Å²) < 4.78 is 25.5. The van der Waals surface area contributed by atoms with E-state index in [1.807, 2.05) is 22.6 Å². The Morgan fingerprint density at radius 1 is 1.70 bits per heavy atom. The van der Waals surface area contributed by atoms with E-state index >= 15 is 0 Å². The molecule has 1 heterocycles. The second-order valence-corrected chi connectivity index (χ2v) is 4.44. The van der Waals surface area contributed by atoms with Crippen molar-refractivity contribution in [2.75, 3.05) is 0 Å². The predicted octanol–water partition coefficient (Wildman–Crippen LogP) is 1.97. The molecule has 1 rings (SSSR count). The molecule has 0 radical (unpaired) electrons. The van der Waals surface area contributed by atoms with Crippen LogP contribution in [0.4, 0.5) is 8.78 Å². The summed E-state index contributed by atoms with van der Waals surface area (Å²) in [5.41, 5.74) is 0. The van der Waals surface area contributed by atoms with Gasteiger partial charge in [-0.3, -0.25) is 7.91 Å². The second-order valence-electron chi connectivity index (χ2n) is 1.96. The Balaban J connectivity index is 2.82. The van der Waals surface area contributed by atoms with Crippen LogP contribution in [0, 0.1) is 0 Å². The van der Waals surface area contributed by atoms with Gasteiger partial charge in [0.25, 0.3) is 0 Å². The Morgan fingerprint density at radius 2 is 2.20 bits per heavy atom. The van der Waals surface area contributed by atoms with Crippen LogP contribution in [0.15, 0.2) is 0 Å². The lowest BCUT2D eigenvalue weighted by Gasteiger charge is -2.07. The molecule has 1 saturated heterocycles. The number of alkyl halides is 3. The Kier molecular flexibility index (Phi) is 2.38. The van der Waals surface area contributed by atoms with E-state index in [1.54, 1.807) is 22.9 Å². The van der Waals surface area contributed by atoms with Gasteiger partial charge < -0.3 is 0 Å². The highest BCUT2D eigenvalue weighted by atomic mass is 127. The van der Waals surface area contributed by atoms with Gasteiger partial charge in [0.05, 0.1) is 33.3 Å². The minimum absolute atomic E-state index is 0.366. The minimum atomic E-state index is -3.13. The Labute approximate surface area is 84.0 Å². The first-order chi connectivity index (χ1) is 4.45. The van der Waals surface area contributed by atoms with Gasteiger partial charge in [0, 0.05) is 0 Å². The molecule has 58 valence electrons. The quantitative estimate of drug-likeness (QED) is 0.275. The summed E-state index contributed by atoms with van der Waals surface area (Å²) in [6.07, 6.45) is -0.366. The maximum Gasteiger partial charge on any atom is 0.328 e. The van der Waals surface area contributed by atoms with E-state index in [0.717, 1.165) is 3.11 Å². The van der Waals surface area contributed by atoms with Crippen molar-refractivity contribution in [2.24, 2.45) is 0 Å². The van der Waals surface area contributed by atoms with Gasteiger partial charge in [0.15, 0.2) is 0 Å². The fourth-order valence-electron chi connectivity index (χ4n) is 0.662. The maximum atomic E-state index is 12.4. The largest absolute Gasteiger partial charge is 0.328 e. The van der Waals surface area contributed by atoms with Crippen molar-refractivity contribution in [3.05, 3.63) is 0 Å². The fraction of sp³-hybridized carbons (Fsp3) is 0.750. The van der Waals surface area contributed by atoms with Crippen LogP contribution in [-0.4, -0.2) is 19.0 Å². The minimum Gasteiger partial charge on any atom is -0.267 e. The SMILES string of the molecule is O=C1N(I)C(I)CC1(F)F. The summed E-state index contributed by atoms with van der Waals surface area (Å²) in [6.45, 7) is 0. The second kappa shape index (κ2) is 2.68.